The van der Waals surface area contributed by atoms with Gasteiger partial charge in [0.25, 0.3) is 0 Å². The van der Waals surface area contributed by atoms with Gasteiger partial charge in [-0.25, -0.2) is 0 Å². The van der Waals surface area contributed by atoms with Crippen molar-refractivity contribution < 1.29 is 14.3 Å². The lowest BCUT2D eigenvalue weighted by Gasteiger charge is -2.18. The normalized spacial score (nSPS) is 22.8. The van der Waals surface area contributed by atoms with E-state index in [9.17, 15) is 4.79 Å². The van der Waals surface area contributed by atoms with Crippen LogP contribution in [0, 0.1) is 11.8 Å². The summed E-state index contributed by atoms with van der Waals surface area (Å²) in [6.45, 7) is 12.2. The molecule has 31 heavy (non-hydrogen) atoms. The highest BCUT2D eigenvalue weighted by molar-refractivity contribution is 7.19. The van der Waals surface area contributed by atoms with Gasteiger partial charge in [0.15, 0.2) is 7.38 Å². The summed E-state index contributed by atoms with van der Waals surface area (Å²) in [6, 6.07) is 6.98. The Balaban J connectivity index is 1.52. The number of fused-ring (bicyclic) bond motifs is 2. The van der Waals surface area contributed by atoms with E-state index in [4.69, 9.17) is 20.6 Å². The molecule has 1 saturated carbocycles. The van der Waals surface area contributed by atoms with E-state index in [0.29, 0.717) is 24.7 Å². The van der Waals surface area contributed by atoms with Gasteiger partial charge in [0.2, 0.25) is 0 Å². The molecule has 2 unspecified atom stereocenters. The van der Waals surface area contributed by atoms with Crippen LogP contribution in [0.2, 0.25) is 19.1 Å². The summed E-state index contributed by atoms with van der Waals surface area (Å²) in [5, 5.41) is 0. The second-order valence-corrected chi connectivity index (χ2v) is 16.5. The standard InChI is InChI=1S/C26H35ClO3Si/c1-6-20-16-19(9-13-24(20)29-18(2)3)10-14-25(28)30-26-22-11-12-23(26)21(17-22)8-7-15-31(4,5)27/h6-9,13,16-18,22-23,26H,1,10-12,14-15H2,2-5H3/b8-7-/t22?,23?,26-/m0/s1. The largest absolute Gasteiger partial charge is 0.490 e. The van der Waals surface area contributed by atoms with Crippen molar-refractivity contribution in [2.75, 3.05) is 0 Å². The molecule has 1 aromatic carbocycles. The number of esters is 1. The van der Waals surface area contributed by atoms with Crippen molar-refractivity contribution in [3.63, 3.8) is 0 Å². The molecular weight excluding hydrogens is 424 g/mol. The Morgan fingerprint density at radius 2 is 2.10 bits per heavy atom. The van der Waals surface area contributed by atoms with Gasteiger partial charge in [-0.3, -0.25) is 4.79 Å². The summed E-state index contributed by atoms with van der Waals surface area (Å²) in [5.41, 5.74) is 3.37. The fourth-order valence-corrected chi connectivity index (χ4v) is 5.41. The van der Waals surface area contributed by atoms with Crippen molar-refractivity contribution in [1.29, 1.82) is 0 Å². The van der Waals surface area contributed by atoms with Crippen LogP contribution >= 0.6 is 11.1 Å². The molecule has 2 aliphatic rings. The Bertz CT molecular complexity index is 866. The lowest BCUT2D eigenvalue weighted by molar-refractivity contribution is -0.150. The van der Waals surface area contributed by atoms with E-state index >= 15 is 0 Å². The minimum atomic E-state index is -1.60. The first-order valence-electron chi connectivity index (χ1n) is 11.3. The summed E-state index contributed by atoms with van der Waals surface area (Å²) < 4.78 is 11.8. The summed E-state index contributed by atoms with van der Waals surface area (Å²) in [7, 11) is -1.60. The third-order valence-electron chi connectivity index (χ3n) is 5.92. The molecular formula is C26H35ClO3Si. The van der Waals surface area contributed by atoms with Crippen LogP contribution in [0.15, 0.2) is 48.6 Å². The molecule has 0 spiro atoms. The second kappa shape index (κ2) is 10.2. The van der Waals surface area contributed by atoms with Gasteiger partial charge in [0.1, 0.15) is 11.9 Å². The van der Waals surface area contributed by atoms with E-state index in [1.54, 1.807) is 6.08 Å². The highest BCUT2D eigenvalue weighted by Crippen LogP contribution is 2.46. The van der Waals surface area contributed by atoms with Gasteiger partial charge in [-0.2, -0.15) is 11.1 Å². The third-order valence-corrected chi connectivity index (χ3v) is 7.59. The first-order chi connectivity index (χ1) is 14.7. The van der Waals surface area contributed by atoms with Crippen LogP contribution in [0.5, 0.6) is 5.75 Å². The van der Waals surface area contributed by atoms with E-state index in [1.807, 2.05) is 32.0 Å². The molecule has 1 aromatic rings. The molecule has 2 bridgehead atoms. The average Bonchev–Trinajstić information content (AvgIpc) is 3.22. The van der Waals surface area contributed by atoms with E-state index in [-0.39, 0.29) is 18.2 Å². The fourth-order valence-electron chi connectivity index (χ4n) is 4.46. The first-order valence-corrected chi connectivity index (χ1v) is 15.6. The molecule has 0 aliphatic heterocycles. The maximum absolute atomic E-state index is 12.6. The number of benzene rings is 1. The van der Waals surface area contributed by atoms with Crippen LogP contribution in [0.1, 0.15) is 44.2 Å². The zero-order chi connectivity index (χ0) is 22.6. The quantitative estimate of drug-likeness (QED) is 0.216. The number of ether oxygens (including phenoxy) is 2. The van der Waals surface area contributed by atoms with Gasteiger partial charge >= 0.3 is 5.97 Å². The topological polar surface area (TPSA) is 35.5 Å². The summed E-state index contributed by atoms with van der Waals surface area (Å²) in [6.07, 6.45) is 11.9. The Labute approximate surface area is 192 Å². The third kappa shape index (κ3) is 6.60. The highest BCUT2D eigenvalue weighted by Gasteiger charge is 2.44. The highest BCUT2D eigenvalue weighted by atomic mass is 35.6. The van der Waals surface area contributed by atoms with Gasteiger partial charge in [-0.15, -0.1) is 0 Å². The molecule has 0 radical (unpaired) electrons. The molecule has 0 N–H and O–H groups in total. The lowest BCUT2D eigenvalue weighted by atomic mass is 9.98. The lowest BCUT2D eigenvalue weighted by Crippen LogP contribution is -2.24. The molecule has 168 valence electrons. The van der Waals surface area contributed by atoms with E-state index in [1.165, 1.54) is 5.57 Å². The predicted molar refractivity (Wildman–Crippen MR) is 132 cm³/mol. The summed E-state index contributed by atoms with van der Waals surface area (Å²) in [4.78, 5) is 12.6. The monoisotopic (exact) mass is 458 g/mol. The van der Waals surface area contributed by atoms with Crippen LogP contribution < -0.4 is 4.74 Å². The molecule has 0 heterocycles. The van der Waals surface area contributed by atoms with E-state index in [2.05, 4.69) is 37.9 Å². The van der Waals surface area contributed by atoms with Crippen molar-refractivity contribution in [3.05, 3.63) is 59.7 Å². The number of carbonyl (C=O) groups excluding carboxylic acids is 1. The van der Waals surface area contributed by atoms with Crippen LogP contribution in [0.4, 0.5) is 0 Å². The number of rotatable bonds is 10. The van der Waals surface area contributed by atoms with Crippen molar-refractivity contribution in [2.45, 2.75) is 70.9 Å². The molecule has 0 amide bonds. The molecule has 3 atom stereocenters. The van der Waals surface area contributed by atoms with Gasteiger partial charge in [0, 0.05) is 23.8 Å². The first kappa shape index (κ1) is 23.9. The second-order valence-electron chi connectivity index (χ2n) is 9.54. The maximum atomic E-state index is 12.6. The Morgan fingerprint density at radius 1 is 1.32 bits per heavy atom. The molecule has 3 nitrogen and oxygen atoms in total. The van der Waals surface area contributed by atoms with Crippen molar-refractivity contribution in [2.24, 2.45) is 11.8 Å². The number of allylic oxidation sites excluding steroid dienone is 2. The van der Waals surface area contributed by atoms with Crippen molar-refractivity contribution in [1.82, 2.24) is 0 Å². The van der Waals surface area contributed by atoms with Crippen LogP contribution in [-0.4, -0.2) is 25.6 Å². The number of aryl methyl sites for hydroxylation is 1. The molecule has 2 aliphatic carbocycles. The number of halogens is 1. The average molecular weight is 459 g/mol. The predicted octanol–water partition coefficient (Wildman–Crippen LogP) is 6.93. The minimum Gasteiger partial charge on any atom is -0.490 e. The van der Waals surface area contributed by atoms with E-state index < -0.39 is 7.38 Å². The Kier molecular flexibility index (Phi) is 7.87. The van der Waals surface area contributed by atoms with Crippen molar-refractivity contribution in [3.8, 4) is 5.75 Å². The zero-order valence-corrected chi connectivity index (χ0v) is 21.0. The molecule has 3 rings (SSSR count). The molecule has 0 saturated heterocycles. The number of hydrogen-bond donors (Lipinski definition) is 0. The number of hydrogen-bond acceptors (Lipinski definition) is 3. The number of carbonyl (C=O) groups is 1. The summed E-state index contributed by atoms with van der Waals surface area (Å²) in [5.74, 6) is 1.41. The van der Waals surface area contributed by atoms with E-state index in [0.717, 1.165) is 35.8 Å². The minimum absolute atomic E-state index is 0.000962. The van der Waals surface area contributed by atoms with Crippen LogP contribution in [0.25, 0.3) is 6.08 Å². The van der Waals surface area contributed by atoms with Crippen LogP contribution in [-0.2, 0) is 16.0 Å². The molecule has 1 fully saturated rings. The van der Waals surface area contributed by atoms with Gasteiger partial charge in [0.05, 0.1) is 6.10 Å². The smallest absolute Gasteiger partial charge is 0.306 e. The fraction of sp³-hybridized carbons (Fsp3) is 0.500. The zero-order valence-electron chi connectivity index (χ0n) is 19.2. The molecule has 5 heteroatoms. The van der Waals surface area contributed by atoms with Crippen molar-refractivity contribution >= 4 is 30.5 Å². The SMILES string of the molecule is C=Cc1cc(CCC(=O)O[C@H]2C3C=C(/C=C\C[Si](C)(C)Cl)C2CC3)ccc1OC(C)C. The van der Waals surface area contributed by atoms with Gasteiger partial charge in [-0.05, 0) is 62.4 Å². The van der Waals surface area contributed by atoms with Crippen LogP contribution in [0.3, 0.4) is 0 Å². The molecule has 0 aromatic heterocycles. The van der Waals surface area contributed by atoms with Gasteiger partial charge < -0.3 is 9.47 Å². The Morgan fingerprint density at radius 3 is 2.77 bits per heavy atom. The Hall–Kier alpha value is -1.78. The van der Waals surface area contributed by atoms with Gasteiger partial charge in [-0.1, -0.05) is 50.0 Å². The summed E-state index contributed by atoms with van der Waals surface area (Å²) >= 11 is 6.42. The maximum Gasteiger partial charge on any atom is 0.306 e.